The van der Waals surface area contributed by atoms with Gasteiger partial charge < -0.3 is 10.3 Å². The molecule has 0 spiro atoms. The Labute approximate surface area is 113 Å². The summed E-state index contributed by atoms with van der Waals surface area (Å²) in [6.07, 6.45) is 3.79. The minimum Gasteiger partial charge on any atom is -0.361 e. The van der Waals surface area contributed by atoms with E-state index in [1.54, 1.807) is 11.3 Å². The summed E-state index contributed by atoms with van der Waals surface area (Å²) in [6, 6.07) is 12.5. The van der Waals surface area contributed by atoms with Crippen molar-refractivity contribution in [1.82, 2.24) is 9.97 Å². The van der Waals surface area contributed by atoms with E-state index in [0.29, 0.717) is 0 Å². The number of aromatic amines is 1. The van der Waals surface area contributed by atoms with E-state index in [2.05, 4.69) is 51.0 Å². The lowest BCUT2D eigenvalue weighted by atomic mass is 10.2. The molecular weight excluding hydrogens is 254 g/mol. The second-order valence-corrected chi connectivity index (χ2v) is 5.34. The van der Waals surface area contributed by atoms with Gasteiger partial charge in [-0.15, -0.1) is 11.3 Å². The first-order valence-corrected chi connectivity index (χ1v) is 6.94. The number of thiophene rings is 1. The van der Waals surface area contributed by atoms with Gasteiger partial charge in [0.15, 0.2) is 0 Å². The highest BCUT2D eigenvalue weighted by molar-refractivity contribution is 7.17. The molecule has 0 aliphatic heterocycles. The third-order valence-electron chi connectivity index (χ3n) is 3.20. The zero-order valence-electron chi connectivity index (χ0n) is 10.1. The van der Waals surface area contributed by atoms with Gasteiger partial charge in [0, 0.05) is 39.1 Å². The SMILES string of the molecule is c1cc2sccc2c(Nc2ccc3[nH]ccc3c2)n1. The Morgan fingerprint density at radius 2 is 2.11 bits per heavy atom. The molecule has 0 saturated carbocycles. The molecule has 0 atom stereocenters. The Morgan fingerprint density at radius 1 is 1.11 bits per heavy atom. The summed E-state index contributed by atoms with van der Waals surface area (Å²) >= 11 is 1.73. The van der Waals surface area contributed by atoms with Crippen molar-refractivity contribution in [2.45, 2.75) is 0 Å². The molecule has 3 nitrogen and oxygen atoms in total. The Balaban J connectivity index is 1.79. The van der Waals surface area contributed by atoms with Crippen LogP contribution in [0, 0.1) is 0 Å². The van der Waals surface area contributed by atoms with Gasteiger partial charge >= 0.3 is 0 Å². The number of nitrogens with one attached hydrogen (secondary N) is 2. The zero-order valence-corrected chi connectivity index (χ0v) is 10.9. The second kappa shape index (κ2) is 4.10. The van der Waals surface area contributed by atoms with Crippen LogP contribution in [0.1, 0.15) is 0 Å². The molecule has 3 heterocycles. The average molecular weight is 265 g/mol. The summed E-state index contributed by atoms with van der Waals surface area (Å²) in [6.45, 7) is 0. The second-order valence-electron chi connectivity index (χ2n) is 4.40. The van der Waals surface area contributed by atoms with Crippen molar-refractivity contribution < 1.29 is 0 Å². The van der Waals surface area contributed by atoms with Gasteiger partial charge in [0.05, 0.1) is 0 Å². The highest BCUT2D eigenvalue weighted by atomic mass is 32.1. The van der Waals surface area contributed by atoms with Gasteiger partial charge in [0.25, 0.3) is 0 Å². The fourth-order valence-electron chi connectivity index (χ4n) is 2.26. The fraction of sp³-hybridized carbons (Fsp3) is 0. The molecule has 19 heavy (non-hydrogen) atoms. The Morgan fingerprint density at radius 3 is 3.11 bits per heavy atom. The number of aromatic nitrogens is 2. The van der Waals surface area contributed by atoms with Crippen molar-refractivity contribution in [3.8, 4) is 0 Å². The third-order valence-corrected chi connectivity index (χ3v) is 4.08. The van der Waals surface area contributed by atoms with E-state index in [1.807, 2.05) is 18.5 Å². The van der Waals surface area contributed by atoms with Gasteiger partial charge in [-0.1, -0.05) is 0 Å². The van der Waals surface area contributed by atoms with Crippen LogP contribution in [-0.4, -0.2) is 9.97 Å². The van der Waals surface area contributed by atoms with Crippen molar-refractivity contribution in [3.05, 3.63) is 54.2 Å². The number of fused-ring (bicyclic) bond motifs is 2. The topological polar surface area (TPSA) is 40.7 Å². The first-order valence-electron chi connectivity index (χ1n) is 6.06. The standard InChI is InChI=1S/C15H11N3S/c1-2-13-10(3-6-16-13)9-11(1)18-15-12-5-8-19-14(12)4-7-17-15/h1-9,16H,(H,17,18). The maximum atomic E-state index is 4.43. The predicted molar refractivity (Wildman–Crippen MR) is 81.2 cm³/mol. The smallest absolute Gasteiger partial charge is 0.139 e. The van der Waals surface area contributed by atoms with Crippen LogP contribution in [-0.2, 0) is 0 Å². The number of rotatable bonds is 2. The number of pyridine rings is 1. The van der Waals surface area contributed by atoms with Gasteiger partial charge in [-0.3, -0.25) is 0 Å². The van der Waals surface area contributed by atoms with Crippen LogP contribution in [0.15, 0.2) is 54.2 Å². The van der Waals surface area contributed by atoms with E-state index in [-0.39, 0.29) is 0 Å². The molecule has 0 aliphatic carbocycles. The Hall–Kier alpha value is -2.33. The Kier molecular flexibility index (Phi) is 2.28. The number of anilines is 2. The van der Waals surface area contributed by atoms with Crippen molar-refractivity contribution in [2.75, 3.05) is 5.32 Å². The van der Waals surface area contributed by atoms with Crippen LogP contribution in [0.2, 0.25) is 0 Å². The van der Waals surface area contributed by atoms with Gasteiger partial charge in [0.2, 0.25) is 0 Å². The van der Waals surface area contributed by atoms with E-state index in [9.17, 15) is 0 Å². The third kappa shape index (κ3) is 1.77. The summed E-state index contributed by atoms with van der Waals surface area (Å²) in [4.78, 5) is 7.62. The summed E-state index contributed by atoms with van der Waals surface area (Å²) in [5.41, 5.74) is 2.20. The molecule has 3 aromatic heterocycles. The maximum absolute atomic E-state index is 4.43. The van der Waals surface area contributed by atoms with E-state index in [1.165, 1.54) is 15.5 Å². The van der Waals surface area contributed by atoms with Crippen LogP contribution in [0.3, 0.4) is 0 Å². The molecule has 0 unspecified atom stereocenters. The lowest BCUT2D eigenvalue weighted by molar-refractivity contribution is 1.34. The fourth-order valence-corrected chi connectivity index (χ4v) is 3.04. The predicted octanol–water partition coefficient (Wildman–Crippen LogP) is 4.52. The van der Waals surface area contributed by atoms with Gasteiger partial charge in [0.1, 0.15) is 5.82 Å². The van der Waals surface area contributed by atoms with Gasteiger partial charge in [-0.05, 0) is 41.8 Å². The van der Waals surface area contributed by atoms with E-state index >= 15 is 0 Å². The van der Waals surface area contributed by atoms with Crippen LogP contribution in [0.4, 0.5) is 11.5 Å². The number of H-pyrrole nitrogens is 1. The van der Waals surface area contributed by atoms with Crippen LogP contribution >= 0.6 is 11.3 Å². The lowest BCUT2D eigenvalue weighted by Gasteiger charge is -2.06. The normalized spacial score (nSPS) is 11.2. The Bertz CT molecular complexity index is 860. The molecule has 0 bridgehead atoms. The summed E-state index contributed by atoms with van der Waals surface area (Å²) in [7, 11) is 0. The maximum Gasteiger partial charge on any atom is 0.139 e. The molecule has 0 aliphatic rings. The molecule has 1 aromatic carbocycles. The van der Waals surface area contributed by atoms with E-state index in [0.717, 1.165) is 17.0 Å². The van der Waals surface area contributed by atoms with Crippen molar-refractivity contribution in [1.29, 1.82) is 0 Å². The van der Waals surface area contributed by atoms with Crippen LogP contribution in [0.25, 0.3) is 21.0 Å². The number of nitrogens with zero attached hydrogens (tertiary/aromatic N) is 1. The van der Waals surface area contributed by atoms with Crippen molar-refractivity contribution >= 4 is 43.8 Å². The minimum atomic E-state index is 0.911. The highest BCUT2D eigenvalue weighted by Crippen LogP contribution is 2.28. The van der Waals surface area contributed by atoms with E-state index < -0.39 is 0 Å². The molecule has 0 saturated heterocycles. The van der Waals surface area contributed by atoms with Gasteiger partial charge in [-0.2, -0.15) is 0 Å². The number of hydrogen-bond acceptors (Lipinski definition) is 3. The van der Waals surface area contributed by atoms with Crippen molar-refractivity contribution in [2.24, 2.45) is 0 Å². The molecular formula is C15H11N3S. The molecule has 0 fully saturated rings. The average Bonchev–Trinajstić information content (AvgIpc) is 3.06. The number of benzene rings is 1. The highest BCUT2D eigenvalue weighted by Gasteiger charge is 2.04. The van der Waals surface area contributed by atoms with Gasteiger partial charge in [-0.25, -0.2) is 4.98 Å². The minimum absolute atomic E-state index is 0.911. The quantitative estimate of drug-likeness (QED) is 0.559. The van der Waals surface area contributed by atoms with E-state index in [4.69, 9.17) is 0 Å². The lowest BCUT2D eigenvalue weighted by Crippen LogP contribution is -1.93. The monoisotopic (exact) mass is 265 g/mol. The summed E-state index contributed by atoms with van der Waals surface area (Å²) in [5, 5.41) is 7.85. The molecule has 92 valence electrons. The summed E-state index contributed by atoms with van der Waals surface area (Å²) in [5.74, 6) is 0.911. The molecule has 4 rings (SSSR count). The number of hydrogen-bond donors (Lipinski definition) is 2. The van der Waals surface area contributed by atoms with Crippen LogP contribution < -0.4 is 5.32 Å². The zero-order chi connectivity index (χ0) is 12.7. The molecule has 4 aromatic rings. The molecule has 0 amide bonds. The largest absolute Gasteiger partial charge is 0.361 e. The first-order chi connectivity index (χ1) is 9.40. The first kappa shape index (κ1) is 10.6. The van der Waals surface area contributed by atoms with Crippen LogP contribution in [0.5, 0.6) is 0 Å². The van der Waals surface area contributed by atoms with Crippen molar-refractivity contribution in [3.63, 3.8) is 0 Å². The summed E-state index contributed by atoms with van der Waals surface area (Å²) < 4.78 is 1.25. The molecule has 4 heteroatoms. The molecule has 0 radical (unpaired) electrons. The molecule has 2 N–H and O–H groups in total.